The van der Waals surface area contributed by atoms with E-state index in [1.54, 1.807) is 60.7 Å². The Kier molecular flexibility index (Phi) is 14.3. The fourth-order valence-corrected chi connectivity index (χ4v) is 7.67. The zero-order valence-corrected chi connectivity index (χ0v) is 34.7. The second kappa shape index (κ2) is 19.2. The van der Waals surface area contributed by atoms with Crippen LogP contribution < -0.4 is 16.4 Å². The van der Waals surface area contributed by atoms with E-state index in [1.807, 2.05) is 6.07 Å². The van der Waals surface area contributed by atoms with Crippen LogP contribution in [0.1, 0.15) is 64.0 Å². The normalized spacial score (nSPS) is 16.7. The maximum absolute atomic E-state index is 14.6. The Morgan fingerprint density at radius 1 is 0.656 bits per heavy atom. The van der Waals surface area contributed by atoms with Crippen LogP contribution in [0.25, 0.3) is 0 Å². The van der Waals surface area contributed by atoms with E-state index < -0.39 is 77.0 Å². The lowest BCUT2D eigenvalue weighted by atomic mass is 9.79. The molecule has 1 aliphatic carbocycles. The molecule has 64 heavy (non-hydrogen) atoms. The van der Waals surface area contributed by atoms with E-state index in [9.17, 15) is 48.7 Å². The number of nitrogens with two attached hydrogens (primary N) is 1. The summed E-state index contributed by atoms with van der Waals surface area (Å²) in [4.78, 5) is 21.6. The van der Waals surface area contributed by atoms with Gasteiger partial charge in [-0.15, -0.1) is 0 Å². The number of benzene rings is 4. The van der Waals surface area contributed by atoms with Crippen molar-refractivity contribution in [1.29, 1.82) is 0 Å². The molecular formula is C46H37Cl2F10N5O. The summed E-state index contributed by atoms with van der Waals surface area (Å²) >= 11 is 11.8. The van der Waals surface area contributed by atoms with Gasteiger partial charge in [0.05, 0.1) is 38.1 Å². The fourth-order valence-electron chi connectivity index (χ4n) is 7.45. The molecule has 6 nitrogen and oxygen atoms in total. The minimum Gasteiger partial charge on any atom is -0.335 e. The highest BCUT2D eigenvalue weighted by Gasteiger charge is 2.44. The van der Waals surface area contributed by atoms with Crippen molar-refractivity contribution in [1.82, 2.24) is 20.6 Å². The molecule has 6 aromatic rings. The summed E-state index contributed by atoms with van der Waals surface area (Å²) < 4.78 is 137. The van der Waals surface area contributed by atoms with Crippen LogP contribution in [-0.2, 0) is 36.3 Å². The topological polar surface area (TPSA) is 92.9 Å². The third-order valence-corrected chi connectivity index (χ3v) is 11.0. The van der Waals surface area contributed by atoms with Gasteiger partial charge in [-0.2, -0.15) is 26.3 Å². The van der Waals surface area contributed by atoms with E-state index in [0.717, 1.165) is 29.8 Å². The van der Waals surface area contributed by atoms with Gasteiger partial charge in [0.15, 0.2) is 0 Å². The minimum atomic E-state index is -4.87. The van der Waals surface area contributed by atoms with Gasteiger partial charge in [0.1, 0.15) is 17.2 Å². The summed E-state index contributed by atoms with van der Waals surface area (Å²) in [7, 11) is 0. The number of alkyl halides is 8. The van der Waals surface area contributed by atoms with E-state index in [1.165, 1.54) is 30.6 Å². The van der Waals surface area contributed by atoms with Crippen LogP contribution in [0.15, 0.2) is 134 Å². The van der Waals surface area contributed by atoms with E-state index in [-0.39, 0.29) is 46.8 Å². The molecule has 2 amide bonds. The highest BCUT2D eigenvalue weighted by molar-refractivity contribution is 6.30. The Balaban J connectivity index is 0.000000223. The van der Waals surface area contributed by atoms with Crippen LogP contribution in [0.4, 0.5) is 48.7 Å². The molecule has 1 fully saturated rings. The predicted molar refractivity (Wildman–Crippen MR) is 222 cm³/mol. The largest absolute Gasteiger partial charge is 0.416 e. The van der Waals surface area contributed by atoms with Crippen molar-refractivity contribution in [2.24, 2.45) is 5.73 Å². The lowest BCUT2D eigenvalue weighted by Gasteiger charge is -2.36. The van der Waals surface area contributed by atoms with Crippen molar-refractivity contribution < 1.29 is 48.7 Å². The summed E-state index contributed by atoms with van der Waals surface area (Å²) in [5.74, 6) is -5.12. The van der Waals surface area contributed by atoms with E-state index in [2.05, 4.69) is 20.6 Å². The average Bonchev–Trinajstić information content (AvgIpc) is 3.58. The van der Waals surface area contributed by atoms with Gasteiger partial charge in [0.25, 0.3) is 0 Å². The second-order valence-electron chi connectivity index (χ2n) is 15.3. The third-order valence-electron chi connectivity index (χ3n) is 10.5. The van der Waals surface area contributed by atoms with Crippen LogP contribution in [0.2, 0.25) is 10.0 Å². The quantitative estimate of drug-likeness (QED) is 0.119. The number of aromatic nitrogens is 2. The molecule has 2 heterocycles. The number of hydrogen-bond donors (Lipinski definition) is 3. The number of hydrogen-bond acceptors (Lipinski definition) is 4. The molecule has 0 spiro atoms. The molecule has 0 saturated heterocycles. The molecule has 4 N–H and O–H groups in total. The SMILES string of the molecule is N[C@@](Cc1ccccc1)(c1cc(F)cc(C(F)(F)F)c1)c1ccc(Cl)cn1.O=C(NC1CCC(F)(F)C1)N[C@@](Cc1ccccc1)(c1cc(F)cc(C(F)(F)F)c1)c1ccc(Cl)cn1. The van der Waals surface area contributed by atoms with Gasteiger partial charge in [0.2, 0.25) is 5.92 Å². The average molecular weight is 937 g/mol. The molecule has 0 radical (unpaired) electrons. The van der Waals surface area contributed by atoms with Gasteiger partial charge in [-0.25, -0.2) is 22.4 Å². The van der Waals surface area contributed by atoms with Crippen molar-refractivity contribution in [3.63, 3.8) is 0 Å². The van der Waals surface area contributed by atoms with E-state index in [0.29, 0.717) is 22.7 Å². The lowest BCUT2D eigenvalue weighted by Crippen LogP contribution is -2.54. The van der Waals surface area contributed by atoms with Crippen molar-refractivity contribution in [2.45, 2.75) is 67.5 Å². The second-order valence-corrected chi connectivity index (χ2v) is 16.1. The number of carbonyl (C=O) groups excluding carboxylic acids is 1. The first kappa shape index (κ1) is 47.8. The Morgan fingerprint density at radius 3 is 1.59 bits per heavy atom. The van der Waals surface area contributed by atoms with Gasteiger partial charge in [-0.1, -0.05) is 83.9 Å². The smallest absolute Gasteiger partial charge is 0.335 e. The lowest BCUT2D eigenvalue weighted by molar-refractivity contribution is -0.138. The van der Waals surface area contributed by atoms with Crippen molar-refractivity contribution in [3.8, 4) is 0 Å². The maximum Gasteiger partial charge on any atom is 0.416 e. The number of nitrogens with zero attached hydrogens (tertiary/aromatic N) is 2. The standard InChI is InChI=1S/C26H22ClF6N3O.C20H15ClF4N2/c27-19-6-7-22(34-15-19)25(13-16-4-2-1-3-5-16,17-10-18(26(31,32)33)12-20(28)11-17)36-23(37)35-21-8-9-24(29,30)14-21;21-16-6-7-18(27-12-16)19(26,11-13-4-2-1-3-5-13)14-8-15(20(23,24)25)10-17(22)9-14/h1-7,10-12,15,21H,8-9,13-14H2,(H2,35,36,37);1-10,12H,11,26H2/t21?,25-;19-/m00/s1. The first-order valence-corrected chi connectivity index (χ1v) is 20.1. The number of urea groups is 1. The Morgan fingerprint density at radius 2 is 1.12 bits per heavy atom. The van der Waals surface area contributed by atoms with Crippen molar-refractivity contribution >= 4 is 29.2 Å². The number of carbonyl (C=O) groups is 1. The number of amides is 2. The molecule has 7 rings (SSSR count). The summed E-state index contributed by atoms with van der Waals surface area (Å²) in [6, 6.07) is 25.9. The van der Waals surface area contributed by atoms with Gasteiger partial charge < -0.3 is 16.4 Å². The van der Waals surface area contributed by atoms with Gasteiger partial charge in [-0.05, 0) is 89.3 Å². The van der Waals surface area contributed by atoms with Crippen LogP contribution >= 0.6 is 23.2 Å². The highest BCUT2D eigenvalue weighted by atomic mass is 35.5. The molecule has 4 aromatic carbocycles. The number of halogens is 12. The molecule has 336 valence electrons. The summed E-state index contributed by atoms with van der Waals surface area (Å²) in [6.45, 7) is 0. The molecule has 3 atom stereocenters. The number of rotatable bonds is 10. The Bertz CT molecular complexity index is 2530. The van der Waals surface area contributed by atoms with Gasteiger partial charge in [0, 0.05) is 44.1 Å². The molecule has 0 aliphatic heterocycles. The molecule has 1 saturated carbocycles. The predicted octanol–water partition coefficient (Wildman–Crippen LogP) is 12.2. The number of pyridine rings is 2. The van der Waals surface area contributed by atoms with Crippen LogP contribution in [0.5, 0.6) is 0 Å². The Labute approximate surface area is 370 Å². The van der Waals surface area contributed by atoms with E-state index >= 15 is 0 Å². The zero-order chi connectivity index (χ0) is 46.5. The van der Waals surface area contributed by atoms with Crippen LogP contribution in [0, 0.1) is 11.6 Å². The third kappa shape index (κ3) is 11.9. The summed E-state index contributed by atoms with van der Waals surface area (Å²) in [5.41, 5.74) is 2.38. The molecule has 2 aromatic heterocycles. The van der Waals surface area contributed by atoms with Gasteiger partial charge in [-0.3, -0.25) is 9.97 Å². The molecular weight excluding hydrogens is 899 g/mol. The maximum atomic E-state index is 14.6. The first-order chi connectivity index (χ1) is 30.0. The van der Waals surface area contributed by atoms with Crippen molar-refractivity contribution in [3.05, 3.63) is 200 Å². The molecule has 0 bridgehead atoms. The monoisotopic (exact) mass is 935 g/mol. The number of nitrogens with one attached hydrogen (secondary N) is 2. The van der Waals surface area contributed by atoms with E-state index in [4.69, 9.17) is 28.9 Å². The Hall–Kier alpha value is -5.71. The highest BCUT2D eigenvalue weighted by Crippen LogP contribution is 2.40. The molecule has 18 heteroatoms. The van der Waals surface area contributed by atoms with Crippen LogP contribution in [0.3, 0.4) is 0 Å². The first-order valence-electron chi connectivity index (χ1n) is 19.4. The summed E-state index contributed by atoms with van der Waals surface area (Å²) in [6.07, 6.45) is -7.90. The van der Waals surface area contributed by atoms with Crippen LogP contribution in [-0.4, -0.2) is 28.0 Å². The molecule has 1 unspecified atom stereocenters. The van der Waals surface area contributed by atoms with Gasteiger partial charge >= 0.3 is 18.4 Å². The van der Waals surface area contributed by atoms with Crippen molar-refractivity contribution in [2.75, 3.05) is 0 Å². The fraction of sp³-hybridized carbons (Fsp3) is 0.239. The minimum absolute atomic E-state index is 0.0199. The zero-order valence-electron chi connectivity index (χ0n) is 33.2. The molecule has 1 aliphatic rings. The summed E-state index contributed by atoms with van der Waals surface area (Å²) in [5, 5.41) is 5.73.